The van der Waals surface area contributed by atoms with Crippen molar-refractivity contribution in [2.45, 2.75) is 38.1 Å². The number of hydrogen-bond acceptors (Lipinski definition) is 1. The smallest absolute Gasteiger partial charge is 0.326 e. The minimum absolute atomic E-state index is 0.253. The summed E-state index contributed by atoms with van der Waals surface area (Å²) in [7, 11) is 0. The largest absolute Gasteiger partial charge is 0.333 e. The number of carbonyl (C=O) groups excluding carboxylic acids is 1. The molecule has 0 unspecified atom stereocenters. The first-order valence-electron chi connectivity index (χ1n) is 11.0. The second-order valence-electron chi connectivity index (χ2n) is 8.63. The summed E-state index contributed by atoms with van der Waals surface area (Å²) in [6, 6.07) is 17.2. The van der Waals surface area contributed by atoms with Crippen molar-refractivity contribution in [1.29, 1.82) is 0 Å². The Hall–Kier alpha value is -2.46. The number of amides is 2. The van der Waals surface area contributed by atoms with Gasteiger partial charge in [-0.15, -0.1) is 0 Å². The van der Waals surface area contributed by atoms with Gasteiger partial charge in [0.1, 0.15) is 0 Å². The summed E-state index contributed by atoms with van der Waals surface area (Å²) in [4.78, 5) is 14.8. The maximum absolute atomic E-state index is 13.2. The van der Waals surface area contributed by atoms with Gasteiger partial charge in [-0.1, -0.05) is 77.3 Å². The van der Waals surface area contributed by atoms with E-state index >= 15 is 0 Å². The van der Waals surface area contributed by atoms with Crippen LogP contribution in [0.25, 0.3) is 11.1 Å². The van der Waals surface area contributed by atoms with Crippen molar-refractivity contribution in [3.05, 3.63) is 92.9 Å². The fourth-order valence-corrected chi connectivity index (χ4v) is 5.66. The summed E-state index contributed by atoms with van der Waals surface area (Å²) in [5.74, 6) is 0.385. The van der Waals surface area contributed by atoms with Crippen molar-refractivity contribution in [3.8, 4) is 11.1 Å². The molecule has 168 valence electrons. The summed E-state index contributed by atoms with van der Waals surface area (Å²) < 4.78 is 0. The second-order valence-corrected chi connectivity index (χ2v) is 9.86. The van der Waals surface area contributed by atoms with Crippen molar-refractivity contribution in [2.75, 3.05) is 4.90 Å². The number of halogens is 3. The molecule has 0 radical (unpaired) electrons. The highest BCUT2D eigenvalue weighted by Gasteiger charge is 2.32. The summed E-state index contributed by atoms with van der Waals surface area (Å²) in [6.45, 7) is 4.56. The van der Waals surface area contributed by atoms with Crippen LogP contribution < -0.4 is 10.2 Å². The lowest BCUT2D eigenvalue weighted by Crippen LogP contribution is -2.41. The molecule has 0 saturated heterocycles. The zero-order valence-corrected chi connectivity index (χ0v) is 20.3. The van der Waals surface area contributed by atoms with E-state index in [0.29, 0.717) is 33.2 Å². The molecule has 0 spiro atoms. The van der Waals surface area contributed by atoms with E-state index in [1.54, 1.807) is 23.1 Å². The molecular weight excluding hydrogens is 475 g/mol. The number of urea groups is 1. The molecule has 1 N–H and O–H groups in total. The molecule has 0 bridgehead atoms. The van der Waals surface area contributed by atoms with E-state index in [1.807, 2.05) is 24.3 Å². The van der Waals surface area contributed by atoms with Gasteiger partial charge in [0.2, 0.25) is 0 Å². The van der Waals surface area contributed by atoms with Crippen molar-refractivity contribution < 1.29 is 4.79 Å². The van der Waals surface area contributed by atoms with Gasteiger partial charge in [0.05, 0.1) is 21.4 Å². The number of nitrogens with zero attached hydrogens (tertiary/aromatic N) is 1. The average molecular weight is 498 g/mol. The molecule has 0 atom stereocenters. The Morgan fingerprint density at radius 1 is 0.879 bits per heavy atom. The van der Waals surface area contributed by atoms with Crippen LogP contribution in [0, 0.1) is 0 Å². The van der Waals surface area contributed by atoms with Crippen molar-refractivity contribution >= 4 is 52.2 Å². The maximum atomic E-state index is 13.2. The molecule has 2 amide bonds. The average Bonchev–Trinajstić information content (AvgIpc) is 2.80. The van der Waals surface area contributed by atoms with Gasteiger partial charge in [0.25, 0.3) is 0 Å². The van der Waals surface area contributed by atoms with E-state index in [9.17, 15) is 4.79 Å². The van der Waals surface area contributed by atoms with Gasteiger partial charge in [0.15, 0.2) is 0 Å². The number of fused-ring (bicyclic) bond motifs is 1. The van der Waals surface area contributed by atoms with Gasteiger partial charge in [-0.3, -0.25) is 4.90 Å². The van der Waals surface area contributed by atoms with Crippen LogP contribution in [0.1, 0.15) is 42.7 Å². The third kappa shape index (κ3) is 4.14. The van der Waals surface area contributed by atoms with Gasteiger partial charge in [-0.2, -0.15) is 0 Å². The van der Waals surface area contributed by atoms with Crippen LogP contribution in [0.2, 0.25) is 15.1 Å². The van der Waals surface area contributed by atoms with Crippen LogP contribution in [-0.2, 0) is 6.54 Å². The van der Waals surface area contributed by atoms with E-state index in [0.717, 1.165) is 48.1 Å². The molecular formula is C27H23Cl3N2O. The lowest BCUT2D eigenvalue weighted by molar-refractivity contribution is 0.247. The molecule has 3 aromatic rings. The zero-order valence-electron chi connectivity index (χ0n) is 18.0. The van der Waals surface area contributed by atoms with E-state index in [2.05, 4.69) is 24.0 Å². The first-order chi connectivity index (χ1) is 15.9. The van der Waals surface area contributed by atoms with Gasteiger partial charge in [-0.25, -0.2) is 4.79 Å². The number of rotatable bonds is 3. The first kappa shape index (κ1) is 22.3. The molecule has 2 aliphatic rings. The zero-order chi connectivity index (χ0) is 23.1. The Morgan fingerprint density at radius 3 is 2.24 bits per heavy atom. The van der Waals surface area contributed by atoms with Crippen LogP contribution in [0.3, 0.4) is 0 Å². The van der Waals surface area contributed by atoms with Gasteiger partial charge >= 0.3 is 6.03 Å². The molecule has 3 aromatic carbocycles. The SMILES string of the molecule is C=C1CCC(c2cc(-c3ccccc3Cl)c3c(c2)N(c2c(Cl)cccc2Cl)C(=O)NC3)CC1. The maximum Gasteiger partial charge on any atom is 0.326 e. The lowest BCUT2D eigenvalue weighted by Gasteiger charge is -2.34. The Bertz CT molecular complexity index is 1240. The molecule has 1 aliphatic carbocycles. The standard InChI is InChI=1S/C27H23Cl3N2O/c1-16-9-11-17(12-10-16)18-13-20(19-5-2-3-6-22(19)28)21-15-31-27(33)32(25(21)14-18)26-23(29)7-4-8-24(26)30/h2-8,13-14,17H,1,9-12,15H2,(H,31,33). The lowest BCUT2D eigenvalue weighted by atomic mass is 9.80. The van der Waals surface area contributed by atoms with Gasteiger partial charge in [-0.05, 0) is 67.0 Å². The topological polar surface area (TPSA) is 32.3 Å². The third-order valence-electron chi connectivity index (χ3n) is 6.60. The summed E-state index contributed by atoms with van der Waals surface area (Å²) in [6.07, 6.45) is 4.12. The molecule has 1 fully saturated rings. The minimum atomic E-state index is -0.253. The van der Waals surface area contributed by atoms with Gasteiger partial charge in [0, 0.05) is 22.7 Å². The fourth-order valence-electron chi connectivity index (χ4n) is 4.86. The highest BCUT2D eigenvalue weighted by Crippen LogP contribution is 2.47. The minimum Gasteiger partial charge on any atom is -0.333 e. The quantitative estimate of drug-likeness (QED) is 0.360. The summed E-state index contributed by atoms with van der Waals surface area (Å²) >= 11 is 19.7. The van der Waals surface area contributed by atoms with Crippen LogP contribution >= 0.6 is 34.8 Å². The van der Waals surface area contributed by atoms with Crippen LogP contribution in [0.5, 0.6) is 0 Å². The summed E-state index contributed by atoms with van der Waals surface area (Å²) in [5.41, 5.74) is 6.73. The van der Waals surface area contributed by atoms with Crippen molar-refractivity contribution in [2.24, 2.45) is 0 Å². The third-order valence-corrected chi connectivity index (χ3v) is 7.54. The predicted octanol–water partition coefficient (Wildman–Crippen LogP) is 8.89. The molecule has 1 saturated carbocycles. The number of benzene rings is 3. The highest BCUT2D eigenvalue weighted by molar-refractivity contribution is 6.40. The molecule has 33 heavy (non-hydrogen) atoms. The number of allylic oxidation sites excluding steroid dienone is 1. The van der Waals surface area contributed by atoms with Crippen LogP contribution in [0.4, 0.5) is 16.2 Å². The normalized spacial score (nSPS) is 16.5. The second kappa shape index (κ2) is 9.06. The fraction of sp³-hybridized carbons (Fsp3) is 0.222. The Kier molecular flexibility index (Phi) is 6.13. The van der Waals surface area contributed by atoms with Crippen molar-refractivity contribution in [1.82, 2.24) is 5.32 Å². The molecule has 1 heterocycles. The monoisotopic (exact) mass is 496 g/mol. The molecule has 3 nitrogen and oxygen atoms in total. The number of carbonyl (C=O) groups is 1. The van der Waals surface area contributed by atoms with Crippen LogP contribution in [-0.4, -0.2) is 6.03 Å². The highest BCUT2D eigenvalue weighted by atomic mass is 35.5. The number of anilines is 2. The molecule has 5 rings (SSSR count). The Labute approximate surface area is 209 Å². The van der Waals surface area contributed by atoms with E-state index in [4.69, 9.17) is 34.8 Å². The summed E-state index contributed by atoms with van der Waals surface area (Å²) in [5, 5.41) is 4.51. The molecule has 1 aliphatic heterocycles. The first-order valence-corrected chi connectivity index (χ1v) is 12.2. The van der Waals surface area contributed by atoms with Crippen LogP contribution in [0.15, 0.2) is 66.7 Å². The molecule has 6 heteroatoms. The number of para-hydroxylation sites is 1. The number of nitrogens with one attached hydrogen (secondary N) is 1. The van der Waals surface area contributed by atoms with Gasteiger partial charge < -0.3 is 5.32 Å². The Morgan fingerprint density at radius 2 is 1.55 bits per heavy atom. The number of hydrogen-bond donors (Lipinski definition) is 1. The van der Waals surface area contributed by atoms with Crippen molar-refractivity contribution in [3.63, 3.8) is 0 Å². The van der Waals surface area contributed by atoms with E-state index in [1.165, 1.54) is 11.1 Å². The molecule has 0 aromatic heterocycles. The predicted molar refractivity (Wildman–Crippen MR) is 138 cm³/mol. The Balaban J connectivity index is 1.75. The van der Waals surface area contributed by atoms with E-state index in [-0.39, 0.29) is 6.03 Å². The van der Waals surface area contributed by atoms with E-state index < -0.39 is 0 Å².